The third kappa shape index (κ3) is 4.17. The second-order valence-corrected chi connectivity index (χ2v) is 6.47. The van der Waals surface area contributed by atoms with E-state index in [-0.39, 0.29) is 16.9 Å². The molecule has 3 rings (SSSR count). The standard InChI is InChI=1S/C20H15F5N4O/c1-10(19(26)30)11-3-4-16(13(5-11)17-8-29(2)9-27-17)28-12-6-14(21)18(15(22)7-12)20(23,24)25/h3-9,28H,1H2,2H3,(H2,26,30). The Hall–Kier alpha value is -3.69. The van der Waals surface area contributed by atoms with E-state index in [9.17, 15) is 26.7 Å². The zero-order valence-electron chi connectivity index (χ0n) is 15.5. The SMILES string of the molecule is C=C(C(N)=O)c1ccc(Nc2cc(F)c(C(F)(F)F)c(F)c2)c(-c2cn(C)cn2)c1. The van der Waals surface area contributed by atoms with E-state index >= 15 is 0 Å². The molecule has 3 N–H and O–H groups in total. The molecule has 0 saturated carbocycles. The first kappa shape index (κ1) is 21.0. The van der Waals surface area contributed by atoms with Crippen molar-refractivity contribution in [3.63, 3.8) is 0 Å². The van der Waals surface area contributed by atoms with Crippen LogP contribution in [0, 0.1) is 11.6 Å². The van der Waals surface area contributed by atoms with Gasteiger partial charge in [0.1, 0.15) is 17.2 Å². The predicted octanol–water partition coefficient (Wildman–Crippen LogP) is 4.63. The Morgan fingerprint density at radius 2 is 1.80 bits per heavy atom. The Kier molecular flexibility index (Phi) is 5.34. The smallest absolute Gasteiger partial charge is 0.366 e. The minimum Gasteiger partial charge on any atom is -0.366 e. The highest BCUT2D eigenvalue weighted by Gasteiger charge is 2.38. The second kappa shape index (κ2) is 7.62. The Labute approximate surface area is 167 Å². The van der Waals surface area contributed by atoms with Crippen molar-refractivity contribution in [1.29, 1.82) is 0 Å². The van der Waals surface area contributed by atoms with Gasteiger partial charge in [-0.1, -0.05) is 12.6 Å². The van der Waals surface area contributed by atoms with E-state index in [0.29, 0.717) is 29.0 Å². The highest BCUT2D eigenvalue weighted by atomic mass is 19.4. The lowest BCUT2D eigenvalue weighted by Gasteiger charge is -2.15. The van der Waals surface area contributed by atoms with E-state index in [1.165, 1.54) is 24.5 Å². The summed E-state index contributed by atoms with van der Waals surface area (Å²) in [5.74, 6) is -4.24. The molecule has 3 aromatic rings. The van der Waals surface area contributed by atoms with Crippen molar-refractivity contribution < 1.29 is 26.7 Å². The average Bonchev–Trinajstić information content (AvgIpc) is 3.05. The van der Waals surface area contributed by atoms with Gasteiger partial charge in [-0.15, -0.1) is 0 Å². The molecule has 0 bridgehead atoms. The monoisotopic (exact) mass is 422 g/mol. The molecular formula is C20H15F5N4O. The molecule has 1 aromatic heterocycles. The van der Waals surface area contributed by atoms with Gasteiger partial charge in [0.2, 0.25) is 5.91 Å². The quantitative estimate of drug-likeness (QED) is 0.465. The molecule has 0 aliphatic rings. The van der Waals surface area contributed by atoms with Gasteiger partial charge in [0.05, 0.1) is 12.0 Å². The van der Waals surface area contributed by atoms with E-state index < -0.39 is 29.3 Å². The molecule has 0 spiro atoms. The maximum atomic E-state index is 13.9. The number of rotatable bonds is 5. The van der Waals surface area contributed by atoms with Crippen LogP contribution in [0.2, 0.25) is 0 Å². The zero-order chi connectivity index (χ0) is 22.2. The van der Waals surface area contributed by atoms with Crippen LogP contribution in [0.3, 0.4) is 0 Å². The summed E-state index contributed by atoms with van der Waals surface area (Å²) < 4.78 is 67.8. The van der Waals surface area contributed by atoms with Crippen LogP contribution in [0.15, 0.2) is 49.4 Å². The van der Waals surface area contributed by atoms with Gasteiger partial charge in [-0.05, 0) is 29.8 Å². The number of alkyl halides is 3. The Balaban J connectivity index is 2.08. The highest BCUT2D eigenvalue weighted by Crippen LogP contribution is 2.37. The van der Waals surface area contributed by atoms with Gasteiger partial charge in [-0.25, -0.2) is 13.8 Å². The fourth-order valence-corrected chi connectivity index (χ4v) is 2.82. The molecule has 0 atom stereocenters. The fourth-order valence-electron chi connectivity index (χ4n) is 2.82. The van der Waals surface area contributed by atoms with E-state index in [2.05, 4.69) is 16.9 Å². The molecule has 1 amide bonds. The zero-order valence-corrected chi connectivity index (χ0v) is 15.5. The van der Waals surface area contributed by atoms with Crippen LogP contribution in [0.4, 0.5) is 33.3 Å². The number of nitrogens with two attached hydrogens (primary N) is 1. The number of amides is 1. The van der Waals surface area contributed by atoms with Crippen LogP contribution >= 0.6 is 0 Å². The molecular weight excluding hydrogens is 407 g/mol. The summed E-state index contributed by atoms with van der Waals surface area (Å²) in [6.45, 7) is 3.61. The van der Waals surface area contributed by atoms with Crippen molar-refractivity contribution in [1.82, 2.24) is 9.55 Å². The van der Waals surface area contributed by atoms with Crippen molar-refractivity contribution >= 4 is 22.9 Å². The van der Waals surface area contributed by atoms with Gasteiger partial charge in [0, 0.05) is 35.8 Å². The third-order valence-corrected chi connectivity index (χ3v) is 4.25. The number of carbonyl (C=O) groups is 1. The van der Waals surface area contributed by atoms with Crippen molar-refractivity contribution in [2.45, 2.75) is 6.18 Å². The molecule has 0 unspecified atom stereocenters. The Morgan fingerprint density at radius 1 is 1.17 bits per heavy atom. The number of benzene rings is 2. The minimum absolute atomic E-state index is 0.0327. The first-order valence-electron chi connectivity index (χ1n) is 8.42. The van der Waals surface area contributed by atoms with Gasteiger partial charge < -0.3 is 15.6 Å². The number of carbonyl (C=O) groups excluding carboxylic acids is 1. The summed E-state index contributed by atoms with van der Waals surface area (Å²) in [6.07, 6.45) is -2.01. The third-order valence-electron chi connectivity index (χ3n) is 4.25. The van der Waals surface area contributed by atoms with Crippen LogP contribution in [0.25, 0.3) is 16.8 Å². The van der Waals surface area contributed by atoms with Gasteiger partial charge in [0.15, 0.2) is 0 Å². The molecule has 30 heavy (non-hydrogen) atoms. The molecule has 0 fully saturated rings. The second-order valence-electron chi connectivity index (χ2n) is 6.47. The Morgan fingerprint density at radius 3 is 2.30 bits per heavy atom. The summed E-state index contributed by atoms with van der Waals surface area (Å²) in [5.41, 5.74) is 4.61. The lowest BCUT2D eigenvalue weighted by molar-refractivity contribution is -0.142. The van der Waals surface area contributed by atoms with Crippen LogP contribution in [-0.4, -0.2) is 15.5 Å². The van der Waals surface area contributed by atoms with Crippen LogP contribution in [-0.2, 0) is 18.0 Å². The van der Waals surface area contributed by atoms with E-state index in [1.54, 1.807) is 17.8 Å². The molecule has 2 aromatic carbocycles. The molecule has 0 saturated heterocycles. The normalized spacial score (nSPS) is 11.4. The number of imidazole rings is 1. The molecule has 0 aliphatic heterocycles. The van der Waals surface area contributed by atoms with Gasteiger partial charge in [-0.3, -0.25) is 4.79 Å². The summed E-state index contributed by atoms with van der Waals surface area (Å²) in [6, 6.07) is 5.59. The van der Waals surface area contributed by atoms with Crippen molar-refractivity contribution in [3.8, 4) is 11.3 Å². The van der Waals surface area contributed by atoms with Gasteiger partial charge in [-0.2, -0.15) is 13.2 Å². The number of primary amides is 1. The first-order chi connectivity index (χ1) is 14.0. The van der Waals surface area contributed by atoms with Crippen molar-refractivity contribution in [2.75, 3.05) is 5.32 Å². The van der Waals surface area contributed by atoms with Crippen molar-refractivity contribution in [2.24, 2.45) is 12.8 Å². The average molecular weight is 422 g/mol. The van der Waals surface area contributed by atoms with Crippen molar-refractivity contribution in [3.05, 3.63) is 72.2 Å². The number of halogens is 5. The summed E-state index contributed by atoms with van der Waals surface area (Å²) >= 11 is 0. The van der Waals surface area contributed by atoms with Gasteiger partial charge >= 0.3 is 6.18 Å². The number of hydrogen-bond donors (Lipinski definition) is 2. The number of nitrogens with one attached hydrogen (secondary N) is 1. The summed E-state index contributed by atoms with van der Waals surface area (Å²) in [7, 11) is 1.72. The molecule has 0 aliphatic carbocycles. The molecule has 5 nitrogen and oxygen atoms in total. The molecule has 0 radical (unpaired) electrons. The highest BCUT2D eigenvalue weighted by molar-refractivity contribution is 6.18. The number of aromatic nitrogens is 2. The predicted molar refractivity (Wildman–Crippen MR) is 102 cm³/mol. The fraction of sp³-hybridized carbons (Fsp3) is 0.100. The largest absolute Gasteiger partial charge is 0.422 e. The van der Waals surface area contributed by atoms with Gasteiger partial charge in [0.25, 0.3) is 0 Å². The van der Waals surface area contributed by atoms with E-state index in [0.717, 1.165) is 0 Å². The molecule has 156 valence electrons. The van der Waals surface area contributed by atoms with E-state index in [1.807, 2.05) is 0 Å². The topological polar surface area (TPSA) is 72.9 Å². The maximum Gasteiger partial charge on any atom is 0.422 e. The molecule has 10 heteroatoms. The number of nitrogens with zero attached hydrogens (tertiary/aromatic N) is 2. The van der Waals surface area contributed by atoms with E-state index in [4.69, 9.17) is 5.73 Å². The summed E-state index contributed by atoms with van der Waals surface area (Å²) in [4.78, 5) is 15.6. The number of anilines is 2. The number of aryl methyl sites for hydroxylation is 1. The first-order valence-corrected chi connectivity index (χ1v) is 8.42. The van der Waals surface area contributed by atoms with Crippen LogP contribution in [0.1, 0.15) is 11.1 Å². The van der Waals surface area contributed by atoms with Crippen LogP contribution < -0.4 is 11.1 Å². The van der Waals surface area contributed by atoms with Crippen LogP contribution in [0.5, 0.6) is 0 Å². The lowest BCUT2D eigenvalue weighted by Crippen LogP contribution is -2.12. The number of hydrogen-bond acceptors (Lipinski definition) is 3. The maximum absolute atomic E-state index is 13.9. The lowest BCUT2D eigenvalue weighted by atomic mass is 10.0. The summed E-state index contributed by atoms with van der Waals surface area (Å²) in [5, 5.41) is 2.69. The molecule has 1 heterocycles. The Bertz CT molecular complexity index is 1130. The minimum atomic E-state index is -5.16.